The molecule has 5 rings (SSSR count). The van der Waals surface area contributed by atoms with Crippen LogP contribution in [0.3, 0.4) is 0 Å². The van der Waals surface area contributed by atoms with Gasteiger partial charge in [-0.05, 0) is 36.8 Å². The quantitative estimate of drug-likeness (QED) is 0.548. The van der Waals surface area contributed by atoms with Crippen LogP contribution in [0.1, 0.15) is 11.3 Å². The zero-order chi connectivity index (χ0) is 19.3. The van der Waals surface area contributed by atoms with E-state index in [-0.39, 0.29) is 6.79 Å². The molecule has 28 heavy (non-hydrogen) atoms. The number of fused-ring (bicyclic) bond motifs is 2. The van der Waals surface area contributed by atoms with Gasteiger partial charge in [0.15, 0.2) is 17.3 Å². The third-order valence-electron chi connectivity index (χ3n) is 4.61. The van der Waals surface area contributed by atoms with E-state index in [1.165, 1.54) is 11.3 Å². The van der Waals surface area contributed by atoms with Crippen LogP contribution in [0, 0.1) is 6.92 Å². The maximum atomic E-state index is 6.46. The van der Waals surface area contributed by atoms with Crippen LogP contribution in [0.15, 0.2) is 34.9 Å². The highest BCUT2D eigenvalue weighted by atomic mass is 32.1. The lowest BCUT2D eigenvalue weighted by molar-refractivity contribution is 0.174. The van der Waals surface area contributed by atoms with Gasteiger partial charge in [0.2, 0.25) is 6.79 Å². The van der Waals surface area contributed by atoms with Crippen molar-refractivity contribution in [2.24, 2.45) is 0 Å². The maximum Gasteiger partial charge on any atom is 0.231 e. The Balaban J connectivity index is 1.58. The molecule has 0 atom stereocenters. The molecule has 4 aromatic rings. The molecular weight excluding hydrogens is 378 g/mol. The Kier molecular flexibility index (Phi) is 3.96. The van der Waals surface area contributed by atoms with Gasteiger partial charge in [0.05, 0.1) is 17.2 Å². The summed E-state index contributed by atoms with van der Waals surface area (Å²) in [5.74, 6) is 2.04. The first kappa shape index (κ1) is 17.0. The van der Waals surface area contributed by atoms with Crippen molar-refractivity contribution in [2.75, 3.05) is 19.6 Å². The number of hydrogen-bond donors (Lipinski definition) is 1. The van der Waals surface area contributed by atoms with Gasteiger partial charge in [-0.25, -0.2) is 4.98 Å². The number of aryl methyl sites for hydroxylation is 1. The Labute approximate surface area is 164 Å². The van der Waals surface area contributed by atoms with E-state index in [4.69, 9.17) is 24.5 Å². The molecule has 142 valence electrons. The summed E-state index contributed by atoms with van der Waals surface area (Å²) >= 11 is 1.49. The molecule has 0 fully saturated rings. The second-order valence-electron chi connectivity index (χ2n) is 6.53. The molecule has 0 bridgehead atoms. The number of anilines is 1. The molecular formula is C20H17N3O4S. The lowest BCUT2D eigenvalue weighted by Crippen LogP contribution is -1.94. The highest BCUT2D eigenvalue weighted by molar-refractivity contribution is 7.22. The van der Waals surface area contributed by atoms with E-state index in [0.29, 0.717) is 29.5 Å². The van der Waals surface area contributed by atoms with E-state index in [0.717, 1.165) is 37.7 Å². The second kappa shape index (κ2) is 6.50. The van der Waals surface area contributed by atoms with Gasteiger partial charge < -0.3 is 24.5 Å². The first-order valence-corrected chi connectivity index (χ1v) is 9.50. The molecule has 1 aliphatic rings. The summed E-state index contributed by atoms with van der Waals surface area (Å²) in [4.78, 5) is 6.29. The summed E-state index contributed by atoms with van der Waals surface area (Å²) < 4.78 is 21.7. The van der Waals surface area contributed by atoms with Crippen LogP contribution >= 0.6 is 11.3 Å². The molecule has 7 nitrogen and oxygen atoms in total. The van der Waals surface area contributed by atoms with Gasteiger partial charge in [0, 0.05) is 29.8 Å². The number of rotatable bonds is 4. The largest absolute Gasteiger partial charge is 0.454 e. The number of pyridine rings is 1. The minimum Gasteiger partial charge on any atom is -0.454 e. The molecule has 2 N–H and O–H groups in total. The average Bonchev–Trinajstić information content (AvgIpc) is 3.39. The van der Waals surface area contributed by atoms with Gasteiger partial charge in [0.25, 0.3) is 0 Å². The van der Waals surface area contributed by atoms with Gasteiger partial charge in [-0.15, -0.1) is 11.3 Å². The van der Waals surface area contributed by atoms with Crippen LogP contribution in [0.2, 0.25) is 0 Å². The van der Waals surface area contributed by atoms with Crippen molar-refractivity contribution < 1.29 is 18.7 Å². The number of thiophene rings is 1. The summed E-state index contributed by atoms with van der Waals surface area (Å²) in [6.07, 6.45) is 0. The lowest BCUT2D eigenvalue weighted by Gasteiger charge is -2.04. The van der Waals surface area contributed by atoms with E-state index in [1.807, 2.05) is 37.3 Å². The first-order chi connectivity index (χ1) is 13.6. The van der Waals surface area contributed by atoms with Crippen molar-refractivity contribution in [3.63, 3.8) is 0 Å². The molecule has 0 spiro atoms. The predicted octanol–water partition coefficient (Wildman–Crippen LogP) is 4.38. The van der Waals surface area contributed by atoms with Gasteiger partial charge in [-0.1, -0.05) is 5.16 Å². The molecule has 0 unspecified atom stereocenters. The fraction of sp³-hybridized carbons (Fsp3) is 0.200. The van der Waals surface area contributed by atoms with Gasteiger partial charge in [-0.2, -0.15) is 0 Å². The SMILES string of the molecule is COCc1cc(C)nc2sc(-c3cc(-c4ccc5c(c4)OCO5)no3)c(N)c12. The highest BCUT2D eigenvalue weighted by Gasteiger charge is 2.21. The standard InChI is InChI=1S/C20H17N3O4S/c1-10-5-12(8-24-2)17-18(21)19(28-20(17)22-10)16-7-13(23-27-16)11-3-4-14-15(6-11)26-9-25-14/h3-7H,8-9,21H2,1-2H3. The third-order valence-corrected chi connectivity index (χ3v) is 5.72. The zero-order valence-corrected chi connectivity index (χ0v) is 16.1. The third kappa shape index (κ3) is 2.69. The summed E-state index contributed by atoms with van der Waals surface area (Å²) in [6.45, 7) is 2.66. The van der Waals surface area contributed by atoms with Gasteiger partial charge in [0.1, 0.15) is 10.5 Å². The van der Waals surface area contributed by atoms with Crippen LogP contribution in [0.5, 0.6) is 11.5 Å². The van der Waals surface area contributed by atoms with Gasteiger partial charge in [-0.3, -0.25) is 0 Å². The normalized spacial score (nSPS) is 12.8. The van der Waals surface area contributed by atoms with Crippen LogP contribution in [-0.2, 0) is 11.3 Å². The molecule has 8 heteroatoms. The van der Waals surface area contributed by atoms with Crippen molar-refractivity contribution >= 4 is 27.2 Å². The molecule has 0 saturated heterocycles. The zero-order valence-electron chi connectivity index (χ0n) is 15.3. The summed E-state index contributed by atoms with van der Waals surface area (Å²) in [6, 6.07) is 9.55. The molecule has 4 heterocycles. The van der Waals surface area contributed by atoms with Crippen LogP contribution in [0.4, 0.5) is 5.69 Å². The molecule has 1 aromatic carbocycles. The Morgan fingerprint density at radius 3 is 2.89 bits per heavy atom. The summed E-state index contributed by atoms with van der Waals surface area (Å²) in [5.41, 5.74) is 10.6. The topological polar surface area (TPSA) is 92.6 Å². The lowest BCUT2D eigenvalue weighted by atomic mass is 10.1. The van der Waals surface area contributed by atoms with Crippen molar-refractivity contribution in [3.8, 4) is 33.4 Å². The van der Waals surface area contributed by atoms with Crippen LogP contribution in [0.25, 0.3) is 32.1 Å². The first-order valence-electron chi connectivity index (χ1n) is 8.68. The summed E-state index contributed by atoms with van der Waals surface area (Å²) in [5, 5.41) is 5.12. The fourth-order valence-electron chi connectivity index (χ4n) is 3.36. The fourth-order valence-corrected chi connectivity index (χ4v) is 4.50. The Bertz CT molecular complexity index is 1200. The Morgan fingerprint density at radius 1 is 1.18 bits per heavy atom. The Morgan fingerprint density at radius 2 is 2.04 bits per heavy atom. The smallest absolute Gasteiger partial charge is 0.231 e. The monoisotopic (exact) mass is 395 g/mol. The van der Waals surface area contributed by atoms with E-state index in [2.05, 4.69) is 10.1 Å². The van der Waals surface area contributed by atoms with Crippen LogP contribution < -0.4 is 15.2 Å². The average molecular weight is 395 g/mol. The molecule has 0 radical (unpaired) electrons. The van der Waals surface area contributed by atoms with Crippen molar-refractivity contribution in [2.45, 2.75) is 13.5 Å². The summed E-state index contributed by atoms with van der Waals surface area (Å²) in [7, 11) is 1.67. The molecule has 1 aliphatic heterocycles. The van der Waals surface area contributed by atoms with E-state index < -0.39 is 0 Å². The number of nitrogen functional groups attached to an aromatic ring is 1. The number of ether oxygens (including phenoxy) is 3. The minimum atomic E-state index is 0.234. The Hall–Kier alpha value is -3.10. The molecule has 0 amide bonds. The number of nitrogens with zero attached hydrogens (tertiary/aromatic N) is 2. The van der Waals surface area contributed by atoms with E-state index in [1.54, 1.807) is 7.11 Å². The van der Waals surface area contributed by atoms with Crippen molar-refractivity contribution in [1.29, 1.82) is 0 Å². The molecule has 0 saturated carbocycles. The number of methoxy groups -OCH3 is 1. The predicted molar refractivity (Wildman–Crippen MR) is 107 cm³/mol. The molecule has 0 aliphatic carbocycles. The maximum absolute atomic E-state index is 6.46. The van der Waals surface area contributed by atoms with Gasteiger partial charge >= 0.3 is 0 Å². The number of hydrogen-bond acceptors (Lipinski definition) is 8. The number of nitrogens with two attached hydrogens (primary N) is 1. The van der Waals surface area contributed by atoms with E-state index in [9.17, 15) is 0 Å². The van der Waals surface area contributed by atoms with Crippen molar-refractivity contribution in [1.82, 2.24) is 10.1 Å². The number of aromatic nitrogens is 2. The van der Waals surface area contributed by atoms with Crippen molar-refractivity contribution in [3.05, 3.63) is 41.6 Å². The van der Waals surface area contributed by atoms with E-state index >= 15 is 0 Å². The highest BCUT2D eigenvalue weighted by Crippen LogP contribution is 2.43. The second-order valence-corrected chi connectivity index (χ2v) is 7.52. The number of benzene rings is 1. The molecule has 3 aromatic heterocycles. The van der Waals surface area contributed by atoms with Crippen LogP contribution in [-0.4, -0.2) is 24.0 Å². The minimum absolute atomic E-state index is 0.234.